The molecule has 0 bridgehead atoms. The predicted octanol–water partition coefficient (Wildman–Crippen LogP) is 0.591. The molecule has 1 aromatic heterocycles. The summed E-state index contributed by atoms with van der Waals surface area (Å²) in [6.45, 7) is 7.05. The number of anilines is 1. The Balaban J connectivity index is 0.00000432. The molecule has 2 aromatic carbocycles. The number of carboxylic acids is 1. The molecule has 0 saturated carbocycles. The van der Waals surface area contributed by atoms with E-state index in [1.54, 1.807) is 0 Å². The topological polar surface area (TPSA) is 87.6 Å². The van der Waals surface area contributed by atoms with E-state index < -0.39 is 12.6 Å². The van der Waals surface area contributed by atoms with Crippen LogP contribution < -0.4 is 39.6 Å². The van der Waals surface area contributed by atoms with Crippen LogP contribution in [0.2, 0.25) is 0 Å². The zero-order valence-electron chi connectivity index (χ0n) is 21.0. The van der Waals surface area contributed by atoms with E-state index >= 15 is 0 Å². The van der Waals surface area contributed by atoms with E-state index in [9.17, 15) is 9.90 Å². The van der Waals surface area contributed by atoms with Gasteiger partial charge in [-0.05, 0) is 20.3 Å². The van der Waals surface area contributed by atoms with E-state index in [4.69, 9.17) is 19.4 Å². The Labute approximate surface area is 229 Å². The Morgan fingerprint density at radius 2 is 1.60 bits per heavy atom. The molecule has 0 radical (unpaired) electrons. The summed E-state index contributed by atoms with van der Waals surface area (Å²) in [5.41, 5.74) is 3.69. The Morgan fingerprint density at radius 3 is 2.14 bits per heavy atom. The average molecular weight is 486 g/mol. The minimum Gasteiger partial charge on any atom is -0.548 e. The number of ether oxygens (including phenoxy) is 2. The number of carboxylic acid groups (broad SMARTS) is 1. The Kier molecular flexibility index (Phi) is 12.4. The number of hydrogen-bond acceptors (Lipinski definition) is 7. The quantitative estimate of drug-likeness (QED) is 0.328. The first-order valence-corrected chi connectivity index (χ1v) is 11.6. The van der Waals surface area contributed by atoms with Gasteiger partial charge in [0.2, 0.25) is 0 Å². The summed E-state index contributed by atoms with van der Waals surface area (Å²) >= 11 is 0. The molecule has 0 aliphatic rings. The van der Waals surface area contributed by atoms with Crippen molar-refractivity contribution in [3.05, 3.63) is 66.9 Å². The molecule has 3 rings (SSSR count). The maximum Gasteiger partial charge on any atom is 1.00 e. The van der Waals surface area contributed by atoms with Gasteiger partial charge in [0.1, 0.15) is 5.82 Å². The summed E-state index contributed by atoms with van der Waals surface area (Å²) in [5, 5.41) is 10.6. The Bertz CT molecular complexity index is 1040. The van der Waals surface area contributed by atoms with E-state index in [2.05, 4.69) is 18.7 Å². The van der Waals surface area contributed by atoms with Crippen molar-refractivity contribution in [3.8, 4) is 22.5 Å². The number of hydrogen-bond donors (Lipinski definition) is 0. The van der Waals surface area contributed by atoms with Crippen molar-refractivity contribution in [1.29, 1.82) is 0 Å². The van der Waals surface area contributed by atoms with Gasteiger partial charge in [0.15, 0.2) is 0 Å². The van der Waals surface area contributed by atoms with Crippen LogP contribution in [-0.2, 0) is 14.3 Å². The number of aliphatic carboxylic acids is 1. The van der Waals surface area contributed by atoms with Crippen LogP contribution in [0, 0.1) is 0 Å². The predicted molar refractivity (Wildman–Crippen MR) is 131 cm³/mol. The summed E-state index contributed by atoms with van der Waals surface area (Å²) in [7, 11) is 0. The van der Waals surface area contributed by atoms with Gasteiger partial charge in [-0.2, -0.15) is 0 Å². The second-order valence-corrected chi connectivity index (χ2v) is 8.23. The minimum absolute atomic E-state index is 0. The Morgan fingerprint density at radius 1 is 1.00 bits per heavy atom. The number of aromatic nitrogens is 2. The first-order valence-electron chi connectivity index (χ1n) is 11.6. The van der Waals surface area contributed by atoms with Crippen LogP contribution in [0.5, 0.6) is 0 Å². The molecule has 0 aliphatic heterocycles. The summed E-state index contributed by atoms with van der Waals surface area (Å²) in [4.78, 5) is 22.6. The van der Waals surface area contributed by atoms with Crippen LogP contribution >= 0.6 is 0 Å². The van der Waals surface area contributed by atoms with Gasteiger partial charge in [-0.3, -0.25) is 4.98 Å². The molecule has 0 spiro atoms. The zero-order chi connectivity index (χ0) is 24.3. The molecule has 0 aliphatic carbocycles. The van der Waals surface area contributed by atoms with E-state index in [-0.39, 0.29) is 48.3 Å². The van der Waals surface area contributed by atoms with Crippen molar-refractivity contribution in [2.45, 2.75) is 39.3 Å². The molecule has 35 heavy (non-hydrogen) atoms. The zero-order valence-corrected chi connectivity index (χ0v) is 23.0. The molecular weight excluding hydrogens is 453 g/mol. The molecule has 0 fully saturated rings. The van der Waals surface area contributed by atoms with Gasteiger partial charge in [-0.25, -0.2) is 4.98 Å². The SMILES string of the molecule is CCC(COCC(=O)[O-])OCCN(c1cnc(-c2ccccc2)c(-c2ccccc2)n1)C(C)C.[Na+]. The van der Waals surface area contributed by atoms with Gasteiger partial charge in [0, 0.05) is 23.7 Å². The normalized spacial score (nSPS) is 11.7. The molecule has 0 N–H and O–H groups in total. The van der Waals surface area contributed by atoms with Crippen LogP contribution in [0.4, 0.5) is 5.82 Å². The number of carbonyl (C=O) groups excluding carboxylic acids is 1. The third-order valence-electron chi connectivity index (χ3n) is 5.44. The summed E-state index contributed by atoms with van der Waals surface area (Å²) < 4.78 is 11.1. The summed E-state index contributed by atoms with van der Waals surface area (Å²) in [5.74, 6) is -0.453. The maximum atomic E-state index is 10.6. The number of nitrogens with zero attached hydrogens (tertiary/aromatic N) is 3. The number of carbonyl (C=O) groups is 1. The van der Waals surface area contributed by atoms with Crippen molar-refractivity contribution in [3.63, 3.8) is 0 Å². The van der Waals surface area contributed by atoms with E-state index in [0.717, 1.165) is 34.8 Å². The fraction of sp³-hybridized carbons (Fsp3) is 0.370. The van der Waals surface area contributed by atoms with Crippen molar-refractivity contribution >= 4 is 11.8 Å². The van der Waals surface area contributed by atoms with Gasteiger partial charge in [-0.15, -0.1) is 0 Å². The van der Waals surface area contributed by atoms with Crippen LogP contribution in [0.1, 0.15) is 27.2 Å². The first-order chi connectivity index (χ1) is 16.5. The maximum absolute atomic E-state index is 10.6. The summed E-state index contributed by atoms with van der Waals surface area (Å²) in [6.07, 6.45) is 2.35. The molecule has 1 heterocycles. The monoisotopic (exact) mass is 485 g/mol. The van der Waals surface area contributed by atoms with Crippen LogP contribution in [0.15, 0.2) is 66.9 Å². The molecule has 7 nitrogen and oxygen atoms in total. The standard InChI is InChI=1S/C27H33N3O4.Na/c1-4-23(18-33-19-25(31)32)34-16-15-30(20(2)3)24-17-28-26(21-11-7-5-8-12-21)27(29-24)22-13-9-6-10-14-22;/h5-14,17,20,23H,4,15-16,18-19H2,1-3H3,(H,31,32);/q;+1/p-1. The van der Waals surface area contributed by atoms with E-state index in [1.165, 1.54) is 0 Å². The van der Waals surface area contributed by atoms with Gasteiger partial charge >= 0.3 is 29.6 Å². The summed E-state index contributed by atoms with van der Waals surface area (Å²) in [6, 6.07) is 20.3. The van der Waals surface area contributed by atoms with Gasteiger partial charge in [0.05, 0.1) is 49.5 Å². The van der Waals surface area contributed by atoms with E-state index in [0.29, 0.717) is 13.2 Å². The fourth-order valence-electron chi connectivity index (χ4n) is 3.64. The minimum atomic E-state index is -1.23. The van der Waals surface area contributed by atoms with Crippen molar-refractivity contribution in [1.82, 2.24) is 9.97 Å². The molecule has 3 aromatic rings. The Hall–Kier alpha value is -2.29. The third kappa shape index (κ3) is 8.70. The third-order valence-corrected chi connectivity index (χ3v) is 5.44. The van der Waals surface area contributed by atoms with Crippen LogP contribution in [0.3, 0.4) is 0 Å². The molecule has 1 atom stereocenters. The molecular formula is C27H32N3NaO4. The molecule has 0 saturated heterocycles. The largest absolute Gasteiger partial charge is 1.00 e. The molecule has 1 unspecified atom stereocenters. The first kappa shape index (κ1) is 28.9. The van der Waals surface area contributed by atoms with Gasteiger partial charge in [0.25, 0.3) is 0 Å². The number of benzene rings is 2. The average Bonchev–Trinajstić information content (AvgIpc) is 2.86. The molecule has 180 valence electrons. The van der Waals surface area contributed by atoms with Crippen molar-refractivity contribution < 1.29 is 48.9 Å². The van der Waals surface area contributed by atoms with Crippen LogP contribution in [-0.4, -0.2) is 54.4 Å². The van der Waals surface area contributed by atoms with E-state index in [1.807, 2.05) is 73.8 Å². The van der Waals surface area contributed by atoms with Gasteiger partial charge in [-0.1, -0.05) is 67.6 Å². The fourth-order valence-corrected chi connectivity index (χ4v) is 3.64. The second kappa shape index (κ2) is 15.0. The number of rotatable bonds is 13. The van der Waals surface area contributed by atoms with Gasteiger partial charge < -0.3 is 24.3 Å². The van der Waals surface area contributed by atoms with Crippen LogP contribution in [0.25, 0.3) is 22.5 Å². The second-order valence-electron chi connectivity index (χ2n) is 8.23. The molecule has 8 heteroatoms. The smallest absolute Gasteiger partial charge is 0.548 e. The molecule has 0 amide bonds. The van der Waals surface area contributed by atoms with Crippen molar-refractivity contribution in [2.24, 2.45) is 0 Å². The van der Waals surface area contributed by atoms with Crippen molar-refractivity contribution in [2.75, 3.05) is 31.3 Å².